The van der Waals surface area contributed by atoms with Crippen molar-refractivity contribution in [2.75, 3.05) is 20.3 Å². The first-order chi connectivity index (χ1) is 10.7. The molecule has 1 saturated heterocycles. The Morgan fingerprint density at radius 2 is 2.14 bits per heavy atom. The van der Waals surface area contributed by atoms with Gasteiger partial charge in [-0.3, -0.25) is 9.69 Å². The lowest BCUT2D eigenvalue weighted by atomic mass is 10.0. The van der Waals surface area contributed by atoms with E-state index in [1.165, 1.54) is 10.5 Å². The van der Waals surface area contributed by atoms with Gasteiger partial charge in [-0.05, 0) is 42.3 Å². The summed E-state index contributed by atoms with van der Waals surface area (Å²) in [5, 5.41) is 0.194. The number of rotatable bonds is 7. The van der Waals surface area contributed by atoms with Crippen LogP contribution in [-0.4, -0.2) is 36.2 Å². The lowest BCUT2D eigenvalue weighted by molar-refractivity contribution is -0.123. The molecule has 0 atom stereocenters. The molecule has 0 aliphatic carbocycles. The quantitative estimate of drug-likeness (QED) is 0.572. The summed E-state index contributed by atoms with van der Waals surface area (Å²) in [5.74, 6) is 0.0809. The number of benzene rings is 1. The van der Waals surface area contributed by atoms with E-state index in [-0.39, 0.29) is 16.8 Å². The number of amides is 1. The lowest BCUT2D eigenvalue weighted by Gasteiger charge is -2.10. The van der Waals surface area contributed by atoms with Crippen molar-refractivity contribution in [1.82, 2.24) is 4.90 Å². The fourth-order valence-electron chi connectivity index (χ4n) is 2.29. The van der Waals surface area contributed by atoms with Gasteiger partial charge in [0, 0.05) is 7.11 Å². The second-order valence-electron chi connectivity index (χ2n) is 5.13. The fourth-order valence-corrected chi connectivity index (χ4v) is 2.55. The number of hydrogen-bond acceptors (Lipinski definition) is 4. The van der Waals surface area contributed by atoms with Crippen molar-refractivity contribution in [1.29, 1.82) is 0 Å². The van der Waals surface area contributed by atoms with E-state index in [1.807, 2.05) is 18.2 Å². The normalized spacial score (nSPS) is 16.5. The Balaban J connectivity index is 2.19. The van der Waals surface area contributed by atoms with Crippen LogP contribution < -0.4 is 0 Å². The Hall–Kier alpha value is -1.72. The zero-order chi connectivity index (χ0) is 15.9. The highest BCUT2D eigenvalue weighted by Crippen LogP contribution is 2.22. The van der Waals surface area contributed by atoms with Crippen LogP contribution in [0.3, 0.4) is 0 Å². The van der Waals surface area contributed by atoms with Crippen LogP contribution in [0.2, 0.25) is 0 Å². The molecular formula is C17H21NO3S. The number of ether oxygens (including phenoxy) is 2. The van der Waals surface area contributed by atoms with Gasteiger partial charge in [0.15, 0.2) is 5.76 Å². The summed E-state index contributed by atoms with van der Waals surface area (Å²) in [7, 11) is 1.59. The Labute approximate surface area is 136 Å². The van der Waals surface area contributed by atoms with E-state index in [0.717, 1.165) is 24.8 Å². The third-order valence-corrected chi connectivity index (χ3v) is 3.84. The Morgan fingerprint density at radius 3 is 2.86 bits per heavy atom. The molecule has 22 heavy (non-hydrogen) atoms. The molecule has 0 saturated carbocycles. The maximum absolute atomic E-state index is 12.3. The van der Waals surface area contributed by atoms with Crippen LogP contribution in [0.25, 0.3) is 6.08 Å². The minimum Gasteiger partial charge on any atom is -0.426 e. The summed E-state index contributed by atoms with van der Waals surface area (Å²) in [6.45, 7) is 3.00. The van der Waals surface area contributed by atoms with Crippen molar-refractivity contribution in [3.63, 3.8) is 0 Å². The largest absolute Gasteiger partial charge is 0.426 e. The number of methoxy groups -OCH3 is 1. The van der Waals surface area contributed by atoms with Crippen LogP contribution in [0.4, 0.5) is 0 Å². The van der Waals surface area contributed by atoms with Crippen molar-refractivity contribution >= 4 is 29.4 Å². The summed E-state index contributed by atoms with van der Waals surface area (Å²) < 4.78 is 10.4. The first-order valence-electron chi connectivity index (χ1n) is 7.49. The molecule has 1 aliphatic rings. The first-order valence-corrected chi connectivity index (χ1v) is 7.90. The fraction of sp³-hybridized carbons (Fsp3) is 0.412. The predicted molar refractivity (Wildman–Crippen MR) is 90.3 cm³/mol. The SMILES string of the molecule is CCCCc1ccccc1/C=C1/OC(=S)N(CCOC)C1=O. The minimum absolute atomic E-state index is 0.194. The molecule has 118 valence electrons. The van der Waals surface area contributed by atoms with Gasteiger partial charge in [-0.25, -0.2) is 0 Å². The molecule has 1 fully saturated rings. The summed E-state index contributed by atoms with van der Waals surface area (Å²) >= 11 is 5.11. The molecule has 4 nitrogen and oxygen atoms in total. The van der Waals surface area contributed by atoms with Gasteiger partial charge in [0.05, 0.1) is 13.2 Å². The van der Waals surface area contributed by atoms with Crippen molar-refractivity contribution < 1.29 is 14.3 Å². The van der Waals surface area contributed by atoms with Gasteiger partial charge in [-0.2, -0.15) is 0 Å². The predicted octanol–water partition coefficient (Wildman–Crippen LogP) is 3.16. The van der Waals surface area contributed by atoms with Crippen molar-refractivity contribution in [2.24, 2.45) is 0 Å². The van der Waals surface area contributed by atoms with Gasteiger partial charge in [0.25, 0.3) is 11.1 Å². The highest BCUT2D eigenvalue weighted by Gasteiger charge is 2.33. The summed E-state index contributed by atoms with van der Waals surface area (Å²) in [4.78, 5) is 13.8. The van der Waals surface area contributed by atoms with Crippen molar-refractivity contribution in [2.45, 2.75) is 26.2 Å². The Morgan fingerprint density at radius 1 is 1.36 bits per heavy atom. The van der Waals surface area contributed by atoms with E-state index in [0.29, 0.717) is 13.2 Å². The average molecular weight is 319 g/mol. The number of carbonyl (C=O) groups excluding carboxylic acids is 1. The molecule has 2 rings (SSSR count). The van der Waals surface area contributed by atoms with Crippen LogP contribution in [0.15, 0.2) is 30.0 Å². The molecule has 1 aliphatic heterocycles. The maximum Gasteiger partial charge on any atom is 0.297 e. The molecule has 1 aromatic carbocycles. The van der Waals surface area contributed by atoms with Crippen LogP contribution in [0, 0.1) is 0 Å². The molecule has 0 unspecified atom stereocenters. The van der Waals surface area contributed by atoms with Gasteiger partial charge in [-0.15, -0.1) is 0 Å². The molecule has 0 bridgehead atoms. The third kappa shape index (κ3) is 3.93. The molecule has 0 spiro atoms. The highest BCUT2D eigenvalue weighted by molar-refractivity contribution is 7.80. The van der Waals surface area contributed by atoms with E-state index >= 15 is 0 Å². The lowest BCUT2D eigenvalue weighted by Crippen LogP contribution is -2.31. The zero-order valence-corrected chi connectivity index (χ0v) is 13.8. The first kappa shape index (κ1) is 16.6. The van der Waals surface area contributed by atoms with E-state index in [2.05, 4.69) is 13.0 Å². The standard InChI is InChI=1S/C17H21NO3S/c1-3-4-7-13-8-5-6-9-14(13)12-15-16(19)18(10-11-20-2)17(22)21-15/h5-6,8-9,12H,3-4,7,10-11H2,1-2H3/b15-12+. The van der Waals surface area contributed by atoms with Crippen molar-refractivity contribution in [3.8, 4) is 0 Å². The number of aryl methyl sites for hydroxylation is 1. The smallest absolute Gasteiger partial charge is 0.297 e. The maximum atomic E-state index is 12.3. The van der Waals surface area contributed by atoms with E-state index < -0.39 is 0 Å². The molecule has 5 heteroatoms. The topological polar surface area (TPSA) is 38.8 Å². The Bertz CT molecular complexity index is 583. The summed E-state index contributed by atoms with van der Waals surface area (Å²) in [5.41, 5.74) is 2.23. The second kappa shape index (κ2) is 8.06. The molecular weight excluding hydrogens is 298 g/mol. The van der Waals surface area contributed by atoms with Crippen LogP contribution in [0.1, 0.15) is 30.9 Å². The van der Waals surface area contributed by atoms with E-state index in [4.69, 9.17) is 21.7 Å². The summed E-state index contributed by atoms with van der Waals surface area (Å²) in [6, 6.07) is 8.06. The summed E-state index contributed by atoms with van der Waals surface area (Å²) in [6.07, 6.45) is 5.03. The third-order valence-electron chi connectivity index (χ3n) is 3.53. The zero-order valence-electron chi connectivity index (χ0n) is 13.0. The molecule has 1 heterocycles. The monoisotopic (exact) mass is 319 g/mol. The van der Waals surface area contributed by atoms with Crippen LogP contribution in [-0.2, 0) is 20.7 Å². The number of carbonyl (C=O) groups is 1. The molecule has 0 aromatic heterocycles. The molecule has 0 N–H and O–H groups in total. The van der Waals surface area contributed by atoms with Crippen LogP contribution in [0.5, 0.6) is 0 Å². The van der Waals surface area contributed by atoms with E-state index in [1.54, 1.807) is 13.2 Å². The average Bonchev–Trinajstić information content (AvgIpc) is 2.78. The van der Waals surface area contributed by atoms with Gasteiger partial charge in [0.2, 0.25) is 0 Å². The van der Waals surface area contributed by atoms with Gasteiger partial charge >= 0.3 is 0 Å². The van der Waals surface area contributed by atoms with Gasteiger partial charge in [0.1, 0.15) is 0 Å². The minimum atomic E-state index is -0.202. The van der Waals surface area contributed by atoms with Crippen LogP contribution >= 0.6 is 12.2 Å². The van der Waals surface area contributed by atoms with E-state index in [9.17, 15) is 4.79 Å². The van der Waals surface area contributed by atoms with Gasteiger partial charge in [-0.1, -0.05) is 37.6 Å². The number of nitrogens with zero attached hydrogens (tertiary/aromatic N) is 1. The molecule has 0 radical (unpaired) electrons. The Kier molecular flexibility index (Phi) is 6.10. The van der Waals surface area contributed by atoms with Gasteiger partial charge < -0.3 is 9.47 Å². The molecule has 1 aromatic rings. The van der Waals surface area contributed by atoms with Crippen molar-refractivity contribution in [3.05, 3.63) is 41.2 Å². The number of hydrogen-bond donors (Lipinski definition) is 0. The second-order valence-corrected chi connectivity index (χ2v) is 5.48. The number of unbranched alkanes of at least 4 members (excludes halogenated alkanes) is 1. The number of thiocarbonyl (C=S) groups is 1. The molecule has 1 amide bonds. The highest BCUT2D eigenvalue weighted by atomic mass is 32.1.